The van der Waals surface area contributed by atoms with Crippen LogP contribution in [0.1, 0.15) is 17.4 Å². The molecule has 0 aromatic carbocycles. The third-order valence-electron chi connectivity index (χ3n) is 1.57. The maximum Gasteiger partial charge on any atom is 0.358 e. The van der Waals surface area contributed by atoms with Crippen LogP contribution in [-0.4, -0.2) is 28.8 Å². The van der Waals surface area contributed by atoms with Crippen LogP contribution in [0.3, 0.4) is 0 Å². The topological polar surface area (TPSA) is 44.1 Å². The molecule has 0 N–H and O–H groups in total. The van der Waals surface area contributed by atoms with Gasteiger partial charge in [0.05, 0.1) is 17.8 Å². The molecule has 0 radical (unpaired) electrons. The molecule has 0 spiro atoms. The zero-order valence-corrected chi connectivity index (χ0v) is 8.67. The van der Waals surface area contributed by atoms with E-state index in [0.717, 1.165) is 10.9 Å². The van der Waals surface area contributed by atoms with Crippen molar-refractivity contribution < 1.29 is 18.3 Å². The van der Waals surface area contributed by atoms with Gasteiger partial charge in [0.25, 0.3) is 6.43 Å². The van der Waals surface area contributed by atoms with Crippen LogP contribution in [0, 0.1) is 0 Å². The minimum atomic E-state index is -2.60. The summed E-state index contributed by atoms with van der Waals surface area (Å²) in [5, 5.41) is 3.57. The summed E-state index contributed by atoms with van der Waals surface area (Å²) in [5.41, 5.74) is -0.140. The quantitative estimate of drug-likeness (QED) is 0.754. The van der Waals surface area contributed by atoms with Gasteiger partial charge in [0, 0.05) is 0 Å². The van der Waals surface area contributed by atoms with Crippen molar-refractivity contribution in [1.29, 1.82) is 0 Å². The standard InChI is InChI=1S/C8H9ClF2N2O2/c1-2-15-8(14)7-5(9)3-12-13(7)4-6(10)11/h3,6H,2,4H2,1H3. The monoisotopic (exact) mass is 238 g/mol. The van der Waals surface area contributed by atoms with Crippen molar-refractivity contribution in [3.63, 3.8) is 0 Å². The Kier molecular flexibility index (Phi) is 4.02. The normalized spacial score (nSPS) is 10.7. The van der Waals surface area contributed by atoms with Gasteiger partial charge < -0.3 is 4.74 Å². The van der Waals surface area contributed by atoms with Crippen molar-refractivity contribution in [2.75, 3.05) is 6.61 Å². The number of ether oxygens (including phenoxy) is 1. The van der Waals surface area contributed by atoms with E-state index in [1.807, 2.05) is 0 Å². The van der Waals surface area contributed by atoms with Crippen molar-refractivity contribution in [1.82, 2.24) is 9.78 Å². The van der Waals surface area contributed by atoms with Crippen molar-refractivity contribution in [2.24, 2.45) is 0 Å². The highest BCUT2D eigenvalue weighted by Gasteiger charge is 2.20. The van der Waals surface area contributed by atoms with Crippen molar-refractivity contribution in [3.8, 4) is 0 Å². The number of halogens is 3. The molecule has 0 amide bonds. The predicted molar refractivity (Wildman–Crippen MR) is 49.2 cm³/mol. The molecule has 15 heavy (non-hydrogen) atoms. The van der Waals surface area contributed by atoms with Gasteiger partial charge in [-0.2, -0.15) is 5.10 Å². The van der Waals surface area contributed by atoms with Gasteiger partial charge in [-0.3, -0.25) is 4.68 Å². The SMILES string of the molecule is CCOC(=O)c1c(Cl)cnn1CC(F)F. The molecular weight excluding hydrogens is 230 g/mol. The van der Waals surface area contributed by atoms with E-state index in [-0.39, 0.29) is 17.3 Å². The van der Waals surface area contributed by atoms with Crippen LogP contribution in [0.15, 0.2) is 6.20 Å². The van der Waals surface area contributed by atoms with Gasteiger partial charge in [0.15, 0.2) is 5.69 Å². The first-order chi connectivity index (χ1) is 7.06. The summed E-state index contributed by atoms with van der Waals surface area (Å²) in [7, 11) is 0. The molecule has 0 fully saturated rings. The van der Waals surface area contributed by atoms with Crippen LogP contribution < -0.4 is 0 Å². The van der Waals surface area contributed by atoms with E-state index in [1.165, 1.54) is 0 Å². The summed E-state index contributed by atoms with van der Waals surface area (Å²) in [5.74, 6) is -0.749. The Morgan fingerprint density at radius 1 is 1.73 bits per heavy atom. The molecule has 1 aromatic heterocycles. The molecule has 0 atom stereocenters. The largest absolute Gasteiger partial charge is 0.461 e. The molecule has 4 nitrogen and oxygen atoms in total. The van der Waals surface area contributed by atoms with E-state index >= 15 is 0 Å². The maximum atomic E-state index is 12.1. The average molecular weight is 239 g/mol. The van der Waals surface area contributed by atoms with Gasteiger partial charge in [-0.15, -0.1) is 0 Å². The number of aromatic nitrogens is 2. The molecule has 0 aliphatic carbocycles. The Morgan fingerprint density at radius 2 is 2.40 bits per heavy atom. The van der Waals surface area contributed by atoms with E-state index in [4.69, 9.17) is 11.6 Å². The lowest BCUT2D eigenvalue weighted by atomic mass is 10.4. The van der Waals surface area contributed by atoms with E-state index in [1.54, 1.807) is 6.92 Å². The van der Waals surface area contributed by atoms with Gasteiger partial charge in [-0.1, -0.05) is 11.6 Å². The van der Waals surface area contributed by atoms with E-state index in [2.05, 4.69) is 9.84 Å². The second kappa shape index (κ2) is 5.06. The lowest BCUT2D eigenvalue weighted by Gasteiger charge is -2.06. The first kappa shape index (κ1) is 11.9. The fourth-order valence-corrected chi connectivity index (χ4v) is 1.25. The van der Waals surface area contributed by atoms with Crippen LogP contribution in [0.25, 0.3) is 0 Å². The summed E-state index contributed by atoms with van der Waals surface area (Å²) in [4.78, 5) is 11.3. The van der Waals surface area contributed by atoms with Gasteiger partial charge >= 0.3 is 5.97 Å². The average Bonchev–Trinajstić information content (AvgIpc) is 2.46. The van der Waals surface area contributed by atoms with Crippen LogP contribution in [-0.2, 0) is 11.3 Å². The Bertz CT molecular complexity index is 354. The first-order valence-corrected chi connectivity index (χ1v) is 4.60. The summed E-state index contributed by atoms with van der Waals surface area (Å²) < 4.78 is 29.7. The Morgan fingerprint density at radius 3 is 2.93 bits per heavy atom. The zero-order valence-electron chi connectivity index (χ0n) is 7.91. The van der Waals surface area contributed by atoms with Gasteiger partial charge in [0.1, 0.15) is 6.54 Å². The summed E-state index contributed by atoms with van der Waals surface area (Å²) in [6, 6.07) is 0. The second-order valence-corrected chi connectivity index (χ2v) is 3.04. The molecule has 1 aromatic rings. The molecule has 1 rings (SSSR count). The number of rotatable bonds is 4. The summed E-state index contributed by atoms with van der Waals surface area (Å²) in [6.07, 6.45) is -1.47. The van der Waals surface area contributed by atoms with Gasteiger partial charge in [-0.05, 0) is 6.92 Å². The predicted octanol–water partition coefficient (Wildman–Crippen LogP) is 1.98. The van der Waals surface area contributed by atoms with Crippen LogP contribution in [0.5, 0.6) is 0 Å². The third-order valence-corrected chi connectivity index (χ3v) is 1.85. The van der Waals surface area contributed by atoms with Crippen LogP contribution in [0.4, 0.5) is 8.78 Å². The molecular formula is C8H9ClF2N2O2. The maximum absolute atomic E-state index is 12.1. The lowest BCUT2D eigenvalue weighted by Crippen LogP contribution is -2.17. The molecule has 0 aliphatic rings. The Hall–Kier alpha value is -1.17. The number of esters is 1. The Labute approximate surface area is 89.8 Å². The molecule has 0 saturated heterocycles. The zero-order chi connectivity index (χ0) is 11.4. The van der Waals surface area contributed by atoms with Gasteiger partial charge in [0.2, 0.25) is 0 Å². The molecule has 7 heteroatoms. The van der Waals surface area contributed by atoms with E-state index in [0.29, 0.717) is 0 Å². The second-order valence-electron chi connectivity index (χ2n) is 2.63. The van der Waals surface area contributed by atoms with Crippen molar-refractivity contribution >= 4 is 17.6 Å². The Balaban J connectivity index is 2.93. The number of nitrogens with zero attached hydrogens (tertiary/aromatic N) is 2. The lowest BCUT2D eigenvalue weighted by molar-refractivity contribution is 0.0503. The number of hydrogen-bond acceptors (Lipinski definition) is 3. The highest BCUT2D eigenvalue weighted by Crippen LogP contribution is 2.17. The van der Waals surface area contributed by atoms with Crippen molar-refractivity contribution in [3.05, 3.63) is 16.9 Å². The van der Waals surface area contributed by atoms with Crippen LogP contribution in [0.2, 0.25) is 5.02 Å². The first-order valence-electron chi connectivity index (χ1n) is 4.22. The highest BCUT2D eigenvalue weighted by molar-refractivity contribution is 6.33. The minimum Gasteiger partial charge on any atom is -0.461 e. The molecule has 1 heterocycles. The fourth-order valence-electron chi connectivity index (χ4n) is 1.03. The minimum absolute atomic E-state index is 0.00843. The molecule has 84 valence electrons. The van der Waals surface area contributed by atoms with Gasteiger partial charge in [-0.25, -0.2) is 13.6 Å². The number of carbonyl (C=O) groups excluding carboxylic acids is 1. The molecule has 0 bridgehead atoms. The smallest absolute Gasteiger partial charge is 0.358 e. The van der Waals surface area contributed by atoms with Crippen LogP contribution >= 0.6 is 11.6 Å². The number of carbonyl (C=O) groups is 1. The third kappa shape index (κ3) is 2.89. The highest BCUT2D eigenvalue weighted by atomic mass is 35.5. The summed E-state index contributed by atoms with van der Waals surface area (Å²) in [6.45, 7) is 1.08. The van der Waals surface area contributed by atoms with E-state index in [9.17, 15) is 13.6 Å². The number of hydrogen-bond donors (Lipinski definition) is 0. The molecule has 0 aliphatic heterocycles. The summed E-state index contributed by atoms with van der Waals surface area (Å²) >= 11 is 5.63. The molecule has 0 unspecified atom stereocenters. The van der Waals surface area contributed by atoms with Crippen molar-refractivity contribution in [2.45, 2.75) is 19.9 Å². The fraction of sp³-hybridized carbons (Fsp3) is 0.500. The van der Waals surface area contributed by atoms with E-state index < -0.39 is 18.9 Å². The molecule has 0 saturated carbocycles. The number of alkyl halides is 2.